The molecule has 0 saturated heterocycles. The van der Waals surface area contributed by atoms with E-state index in [-0.39, 0.29) is 12.2 Å². The van der Waals surface area contributed by atoms with Gasteiger partial charge in [-0.25, -0.2) is 4.98 Å². The Bertz CT molecular complexity index is 1230. The Morgan fingerprint density at radius 1 is 1.00 bits per heavy atom. The Balaban J connectivity index is 1.67. The van der Waals surface area contributed by atoms with Gasteiger partial charge in [0.15, 0.2) is 0 Å². The van der Waals surface area contributed by atoms with Crippen LogP contribution in [0.25, 0.3) is 22.4 Å². The molecule has 0 aliphatic rings. The summed E-state index contributed by atoms with van der Waals surface area (Å²) in [4.78, 5) is 17.3. The first kappa shape index (κ1) is 20.2. The van der Waals surface area contributed by atoms with Crippen molar-refractivity contribution in [1.82, 2.24) is 9.55 Å². The maximum atomic E-state index is 12.9. The van der Waals surface area contributed by atoms with Crippen molar-refractivity contribution >= 4 is 38.6 Å². The minimum absolute atomic E-state index is 0.0863. The molecular formula is C22H15BrF3N3O. The molecule has 4 aromatic rings. The van der Waals surface area contributed by atoms with Gasteiger partial charge < -0.3 is 9.88 Å². The topological polar surface area (TPSA) is 46.9 Å². The number of alkyl halides is 3. The van der Waals surface area contributed by atoms with E-state index in [2.05, 4.69) is 26.2 Å². The molecule has 0 atom stereocenters. The van der Waals surface area contributed by atoms with Gasteiger partial charge in [0, 0.05) is 15.7 Å². The van der Waals surface area contributed by atoms with Gasteiger partial charge in [-0.05, 0) is 42.5 Å². The van der Waals surface area contributed by atoms with Crippen LogP contribution in [0.15, 0.2) is 77.3 Å². The Morgan fingerprint density at radius 2 is 1.77 bits per heavy atom. The van der Waals surface area contributed by atoms with Crippen LogP contribution in [-0.4, -0.2) is 15.5 Å². The molecule has 0 radical (unpaired) electrons. The standard InChI is InChI=1S/C22H15BrF3N3O/c23-16-7-3-5-14(11-16)21-28-18-9-1-2-10-19(18)29(21)13-20(30)27-17-8-4-6-15(12-17)22(24,25)26/h1-12H,13H2,(H,27,30). The highest BCUT2D eigenvalue weighted by molar-refractivity contribution is 9.10. The zero-order valence-electron chi connectivity index (χ0n) is 15.4. The number of hydrogen-bond donors (Lipinski definition) is 1. The average Bonchev–Trinajstić information content (AvgIpc) is 3.06. The molecule has 4 rings (SSSR count). The van der Waals surface area contributed by atoms with E-state index in [1.54, 1.807) is 4.57 Å². The van der Waals surface area contributed by atoms with Gasteiger partial charge in [-0.15, -0.1) is 0 Å². The first-order chi connectivity index (χ1) is 14.3. The van der Waals surface area contributed by atoms with E-state index in [9.17, 15) is 18.0 Å². The summed E-state index contributed by atoms with van der Waals surface area (Å²) in [5, 5.41) is 2.55. The van der Waals surface area contributed by atoms with Gasteiger partial charge in [0.2, 0.25) is 5.91 Å². The monoisotopic (exact) mass is 473 g/mol. The molecule has 0 bridgehead atoms. The predicted octanol–water partition coefficient (Wildman–Crippen LogP) is 6.12. The van der Waals surface area contributed by atoms with Crippen molar-refractivity contribution in [1.29, 1.82) is 0 Å². The Labute approximate surface area is 178 Å². The number of imidazole rings is 1. The SMILES string of the molecule is O=C(Cn1c(-c2cccc(Br)c2)nc2ccccc21)Nc1cccc(C(F)(F)F)c1. The summed E-state index contributed by atoms with van der Waals surface area (Å²) in [5.41, 5.74) is 1.56. The van der Waals surface area contributed by atoms with Crippen molar-refractivity contribution in [3.8, 4) is 11.4 Å². The predicted molar refractivity (Wildman–Crippen MR) is 113 cm³/mol. The molecule has 1 aromatic heterocycles. The first-order valence-electron chi connectivity index (χ1n) is 8.99. The molecule has 1 N–H and O–H groups in total. The molecule has 0 fully saturated rings. The van der Waals surface area contributed by atoms with Gasteiger partial charge in [0.05, 0.1) is 16.6 Å². The summed E-state index contributed by atoms with van der Waals surface area (Å²) in [6.07, 6.45) is -4.48. The van der Waals surface area contributed by atoms with E-state index in [0.29, 0.717) is 5.82 Å². The van der Waals surface area contributed by atoms with Crippen molar-refractivity contribution in [3.05, 3.63) is 82.8 Å². The van der Waals surface area contributed by atoms with Crippen LogP contribution in [0, 0.1) is 0 Å². The third kappa shape index (κ3) is 4.23. The molecule has 152 valence electrons. The summed E-state index contributed by atoms with van der Waals surface area (Å²) in [6.45, 7) is -0.0986. The number of halogens is 4. The number of benzene rings is 3. The number of aromatic nitrogens is 2. The number of anilines is 1. The number of carbonyl (C=O) groups is 1. The summed E-state index contributed by atoms with van der Waals surface area (Å²) < 4.78 is 41.4. The number of nitrogens with one attached hydrogen (secondary N) is 1. The van der Waals surface area contributed by atoms with E-state index in [1.807, 2.05) is 48.5 Å². The van der Waals surface area contributed by atoms with Crippen LogP contribution in [-0.2, 0) is 17.5 Å². The quantitative estimate of drug-likeness (QED) is 0.387. The smallest absolute Gasteiger partial charge is 0.325 e. The molecule has 4 nitrogen and oxygen atoms in total. The fraction of sp³-hybridized carbons (Fsp3) is 0.0909. The fourth-order valence-corrected chi connectivity index (χ4v) is 3.60. The van der Waals surface area contributed by atoms with E-state index < -0.39 is 17.6 Å². The maximum Gasteiger partial charge on any atom is 0.416 e. The Kier molecular flexibility index (Phi) is 5.34. The van der Waals surface area contributed by atoms with E-state index >= 15 is 0 Å². The van der Waals surface area contributed by atoms with Crippen molar-refractivity contribution in [2.75, 3.05) is 5.32 Å². The lowest BCUT2D eigenvalue weighted by molar-refractivity contribution is -0.137. The second-order valence-electron chi connectivity index (χ2n) is 6.65. The number of para-hydroxylation sites is 2. The molecule has 0 aliphatic carbocycles. The molecule has 0 aliphatic heterocycles. The van der Waals surface area contributed by atoms with E-state index in [0.717, 1.165) is 33.2 Å². The average molecular weight is 474 g/mol. The zero-order chi connectivity index (χ0) is 21.3. The van der Waals surface area contributed by atoms with Crippen LogP contribution in [0.4, 0.5) is 18.9 Å². The van der Waals surface area contributed by atoms with Crippen molar-refractivity contribution in [2.24, 2.45) is 0 Å². The second-order valence-corrected chi connectivity index (χ2v) is 7.56. The lowest BCUT2D eigenvalue weighted by Gasteiger charge is -2.12. The van der Waals surface area contributed by atoms with Gasteiger partial charge >= 0.3 is 6.18 Å². The Morgan fingerprint density at radius 3 is 2.53 bits per heavy atom. The Hall–Kier alpha value is -3.13. The highest BCUT2D eigenvalue weighted by Crippen LogP contribution is 2.31. The lowest BCUT2D eigenvalue weighted by Crippen LogP contribution is -2.19. The molecule has 1 heterocycles. The highest BCUT2D eigenvalue weighted by atomic mass is 79.9. The highest BCUT2D eigenvalue weighted by Gasteiger charge is 2.30. The van der Waals surface area contributed by atoms with Crippen LogP contribution in [0.1, 0.15) is 5.56 Å². The number of amides is 1. The summed E-state index contributed by atoms with van der Waals surface area (Å²) in [6, 6.07) is 19.5. The molecule has 0 unspecified atom stereocenters. The number of fused-ring (bicyclic) bond motifs is 1. The summed E-state index contributed by atoms with van der Waals surface area (Å²) in [7, 11) is 0. The number of nitrogens with zero attached hydrogens (tertiary/aromatic N) is 2. The molecule has 0 saturated carbocycles. The number of hydrogen-bond acceptors (Lipinski definition) is 2. The maximum absolute atomic E-state index is 12.9. The minimum atomic E-state index is -4.48. The molecule has 30 heavy (non-hydrogen) atoms. The van der Waals surface area contributed by atoms with Crippen LogP contribution in [0.2, 0.25) is 0 Å². The summed E-state index contributed by atoms with van der Waals surface area (Å²) in [5.74, 6) is 0.144. The van der Waals surface area contributed by atoms with Gasteiger partial charge in [0.1, 0.15) is 12.4 Å². The van der Waals surface area contributed by atoms with Gasteiger partial charge in [-0.1, -0.05) is 46.3 Å². The molecule has 0 spiro atoms. The van der Waals surface area contributed by atoms with Crippen molar-refractivity contribution in [2.45, 2.75) is 12.7 Å². The largest absolute Gasteiger partial charge is 0.416 e. The first-order valence-corrected chi connectivity index (χ1v) is 9.79. The van der Waals surface area contributed by atoms with Gasteiger partial charge in [-0.2, -0.15) is 13.2 Å². The third-order valence-electron chi connectivity index (χ3n) is 4.51. The molecular weight excluding hydrogens is 459 g/mol. The van der Waals surface area contributed by atoms with Crippen LogP contribution in [0.3, 0.4) is 0 Å². The minimum Gasteiger partial charge on any atom is -0.325 e. The van der Waals surface area contributed by atoms with E-state index in [1.165, 1.54) is 12.1 Å². The lowest BCUT2D eigenvalue weighted by atomic mass is 10.2. The van der Waals surface area contributed by atoms with Gasteiger partial charge in [-0.3, -0.25) is 4.79 Å². The molecule has 8 heteroatoms. The zero-order valence-corrected chi connectivity index (χ0v) is 17.0. The van der Waals surface area contributed by atoms with Crippen LogP contribution in [0.5, 0.6) is 0 Å². The molecule has 1 amide bonds. The normalized spacial score (nSPS) is 11.6. The fourth-order valence-electron chi connectivity index (χ4n) is 3.20. The van der Waals surface area contributed by atoms with Gasteiger partial charge in [0.25, 0.3) is 0 Å². The van der Waals surface area contributed by atoms with Crippen molar-refractivity contribution < 1.29 is 18.0 Å². The van der Waals surface area contributed by atoms with Crippen LogP contribution < -0.4 is 5.32 Å². The number of carbonyl (C=O) groups excluding carboxylic acids is 1. The molecule has 3 aromatic carbocycles. The van der Waals surface area contributed by atoms with Crippen molar-refractivity contribution in [3.63, 3.8) is 0 Å². The van der Waals surface area contributed by atoms with Crippen LogP contribution >= 0.6 is 15.9 Å². The number of rotatable bonds is 4. The second kappa shape index (κ2) is 7.95. The van der Waals surface area contributed by atoms with E-state index in [4.69, 9.17) is 0 Å². The third-order valence-corrected chi connectivity index (χ3v) is 5.01. The summed E-state index contributed by atoms with van der Waals surface area (Å²) >= 11 is 3.44.